The van der Waals surface area contributed by atoms with Crippen LogP contribution in [0.15, 0.2) is 24.4 Å². The average Bonchev–Trinajstić information content (AvgIpc) is 2.57. The number of amides is 1. The molecule has 1 aromatic heterocycles. The Balaban J connectivity index is 1.33. The number of likely N-dealkylation sites (N-methyl/N-ethyl adjacent to an activating group) is 1. The highest BCUT2D eigenvalue weighted by Gasteiger charge is 2.56. The Kier molecular flexibility index (Phi) is 4.18. The fourth-order valence-corrected chi connectivity index (χ4v) is 4.35. The number of piperidine rings is 1. The third-order valence-corrected chi connectivity index (χ3v) is 6.24. The molecule has 5 nitrogen and oxygen atoms in total. The summed E-state index contributed by atoms with van der Waals surface area (Å²) >= 11 is 0. The van der Waals surface area contributed by atoms with Crippen molar-refractivity contribution in [3.63, 3.8) is 0 Å². The zero-order chi connectivity index (χ0) is 17.5. The van der Waals surface area contributed by atoms with E-state index in [2.05, 4.69) is 16.9 Å². The molecule has 0 unspecified atom stereocenters. The van der Waals surface area contributed by atoms with Crippen LogP contribution in [-0.2, 0) is 4.79 Å². The molecule has 2 saturated heterocycles. The van der Waals surface area contributed by atoms with Crippen molar-refractivity contribution in [3.8, 4) is 5.88 Å². The smallest absolute Gasteiger partial charge is 0.260 e. The van der Waals surface area contributed by atoms with E-state index in [1.807, 2.05) is 18.2 Å². The summed E-state index contributed by atoms with van der Waals surface area (Å²) in [6, 6.07) is 5.66. The summed E-state index contributed by atoms with van der Waals surface area (Å²) in [5.74, 6) is 0.813. The second-order valence-corrected chi connectivity index (χ2v) is 7.96. The van der Waals surface area contributed by atoms with Crippen LogP contribution in [0.25, 0.3) is 0 Å². The predicted octanol–water partition coefficient (Wildman–Crippen LogP) is 2.28. The molecule has 3 aliphatic rings. The molecule has 1 spiro atoms. The molecule has 0 radical (unpaired) electrons. The molecular weight excluding hydrogens is 321 g/mol. The van der Waals surface area contributed by atoms with Gasteiger partial charge in [0.05, 0.1) is 12.1 Å². The van der Waals surface area contributed by atoms with Gasteiger partial charge in [-0.3, -0.25) is 9.69 Å². The van der Waals surface area contributed by atoms with Crippen LogP contribution in [0, 0.1) is 5.92 Å². The molecule has 1 saturated carbocycles. The Bertz CT molecular complexity index is 629. The number of ether oxygens (including phenoxy) is 1. The molecule has 2 aliphatic heterocycles. The molecule has 0 aromatic carbocycles. The number of halogens is 1. The highest BCUT2D eigenvalue weighted by molar-refractivity contribution is 5.87. The normalized spacial score (nSPS) is 27.4. The largest absolute Gasteiger partial charge is 0.477 e. The van der Waals surface area contributed by atoms with E-state index in [0.717, 1.165) is 25.8 Å². The van der Waals surface area contributed by atoms with Gasteiger partial charge in [0.15, 0.2) is 5.67 Å². The predicted molar refractivity (Wildman–Crippen MR) is 92.1 cm³/mol. The second-order valence-electron chi connectivity index (χ2n) is 7.96. The first kappa shape index (κ1) is 16.8. The molecule has 3 fully saturated rings. The number of hydrogen-bond acceptors (Lipinski definition) is 4. The van der Waals surface area contributed by atoms with Crippen molar-refractivity contribution in [1.82, 2.24) is 14.8 Å². The maximum Gasteiger partial charge on any atom is 0.260 e. The van der Waals surface area contributed by atoms with E-state index in [4.69, 9.17) is 4.74 Å². The monoisotopic (exact) mass is 347 g/mol. The molecule has 6 heteroatoms. The van der Waals surface area contributed by atoms with Gasteiger partial charge in [-0.1, -0.05) is 6.07 Å². The summed E-state index contributed by atoms with van der Waals surface area (Å²) < 4.78 is 20.2. The van der Waals surface area contributed by atoms with Gasteiger partial charge in [-0.2, -0.15) is 0 Å². The lowest BCUT2D eigenvalue weighted by Gasteiger charge is -2.59. The van der Waals surface area contributed by atoms with Crippen molar-refractivity contribution in [2.75, 3.05) is 33.3 Å². The lowest BCUT2D eigenvalue weighted by atomic mass is 9.73. The lowest BCUT2D eigenvalue weighted by Crippen LogP contribution is -2.74. The molecule has 0 N–H and O–H groups in total. The Morgan fingerprint density at radius 1 is 1.40 bits per heavy atom. The molecule has 136 valence electrons. The minimum Gasteiger partial charge on any atom is -0.477 e. The topological polar surface area (TPSA) is 45.7 Å². The summed E-state index contributed by atoms with van der Waals surface area (Å²) in [4.78, 5) is 20.6. The van der Waals surface area contributed by atoms with E-state index in [1.54, 1.807) is 11.1 Å². The van der Waals surface area contributed by atoms with Crippen LogP contribution < -0.4 is 4.74 Å². The van der Waals surface area contributed by atoms with E-state index < -0.39 is 5.67 Å². The van der Waals surface area contributed by atoms with Gasteiger partial charge in [-0.05, 0) is 57.7 Å². The SMILES string of the molecule is CN1CC[C@H](COc2ccccn2)CC12CN(C(=O)C1(F)CCC1)C2. The van der Waals surface area contributed by atoms with E-state index >= 15 is 0 Å². The quantitative estimate of drug-likeness (QED) is 0.838. The maximum atomic E-state index is 14.4. The Labute approximate surface area is 148 Å². The minimum atomic E-state index is -1.57. The van der Waals surface area contributed by atoms with Crippen LogP contribution in [0.5, 0.6) is 5.88 Å². The fourth-order valence-electron chi connectivity index (χ4n) is 4.35. The number of pyridine rings is 1. The number of hydrogen-bond donors (Lipinski definition) is 0. The van der Waals surface area contributed by atoms with Crippen molar-refractivity contribution < 1.29 is 13.9 Å². The molecule has 25 heavy (non-hydrogen) atoms. The summed E-state index contributed by atoms with van der Waals surface area (Å²) in [5, 5.41) is 0. The summed E-state index contributed by atoms with van der Waals surface area (Å²) in [6.45, 7) is 2.93. The number of aromatic nitrogens is 1. The summed E-state index contributed by atoms with van der Waals surface area (Å²) in [5.41, 5.74) is -1.58. The maximum absolute atomic E-state index is 14.4. The van der Waals surface area contributed by atoms with E-state index in [1.165, 1.54) is 0 Å². The number of rotatable bonds is 4. The summed E-state index contributed by atoms with van der Waals surface area (Å²) in [6.07, 6.45) is 5.41. The van der Waals surface area contributed by atoms with Gasteiger partial charge in [0.25, 0.3) is 5.91 Å². The van der Waals surface area contributed by atoms with Crippen molar-refractivity contribution in [1.29, 1.82) is 0 Å². The Morgan fingerprint density at radius 3 is 2.84 bits per heavy atom. The number of nitrogens with zero attached hydrogens (tertiary/aromatic N) is 3. The van der Waals surface area contributed by atoms with Gasteiger partial charge in [-0.25, -0.2) is 9.37 Å². The van der Waals surface area contributed by atoms with Crippen LogP contribution >= 0.6 is 0 Å². The number of alkyl halides is 1. The van der Waals surface area contributed by atoms with Gasteiger partial charge in [0.2, 0.25) is 5.88 Å². The molecule has 1 aliphatic carbocycles. The zero-order valence-corrected chi connectivity index (χ0v) is 14.8. The molecule has 4 rings (SSSR count). The first-order valence-corrected chi connectivity index (χ1v) is 9.24. The molecule has 0 bridgehead atoms. The van der Waals surface area contributed by atoms with Crippen LogP contribution in [0.2, 0.25) is 0 Å². The molecule has 1 aromatic rings. The molecule has 3 heterocycles. The zero-order valence-electron chi connectivity index (χ0n) is 14.8. The van der Waals surface area contributed by atoms with Gasteiger partial charge in [-0.15, -0.1) is 0 Å². The third-order valence-electron chi connectivity index (χ3n) is 6.24. The highest BCUT2D eigenvalue weighted by atomic mass is 19.1. The number of carbonyl (C=O) groups excluding carboxylic acids is 1. The van der Waals surface area contributed by atoms with Gasteiger partial charge >= 0.3 is 0 Å². The van der Waals surface area contributed by atoms with Crippen LogP contribution in [0.3, 0.4) is 0 Å². The van der Waals surface area contributed by atoms with Gasteiger partial charge in [0, 0.05) is 25.4 Å². The average molecular weight is 347 g/mol. The van der Waals surface area contributed by atoms with E-state index in [-0.39, 0.29) is 11.4 Å². The Morgan fingerprint density at radius 2 is 2.20 bits per heavy atom. The van der Waals surface area contributed by atoms with Crippen molar-refractivity contribution in [3.05, 3.63) is 24.4 Å². The summed E-state index contributed by atoms with van der Waals surface area (Å²) in [7, 11) is 2.12. The second kappa shape index (κ2) is 6.24. The van der Waals surface area contributed by atoms with Crippen molar-refractivity contribution in [2.24, 2.45) is 5.92 Å². The van der Waals surface area contributed by atoms with Crippen LogP contribution in [-0.4, -0.2) is 65.2 Å². The number of carbonyl (C=O) groups is 1. The third kappa shape index (κ3) is 3.01. The van der Waals surface area contributed by atoms with Gasteiger partial charge < -0.3 is 9.64 Å². The van der Waals surface area contributed by atoms with E-state index in [0.29, 0.717) is 44.3 Å². The molecular formula is C19H26FN3O2. The molecule has 1 atom stereocenters. The van der Waals surface area contributed by atoms with E-state index in [9.17, 15) is 9.18 Å². The standard InChI is InChI=1S/C19H26FN3O2/c1-22-10-6-15(12-25-16-5-2-3-9-21-16)11-18(22)13-23(14-18)17(24)19(20)7-4-8-19/h2-3,5,9,15H,4,6-8,10-14H2,1H3/t15-/m0/s1. The molecule has 1 amide bonds. The first-order chi connectivity index (χ1) is 12.0. The highest BCUT2D eigenvalue weighted by Crippen LogP contribution is 2.43. The van der Waals surface area contributed by atoms with Crippen molar-refractivity contribution >= 4 is 5.91 Å². The first-order valence-electron chi connectivity index (χ1n) is 9.24. The van der Waals surface area contributed by atoms with Crippen LogP contribution in [0.1, 0.15) is 32.1 Å². The number of likely N-dealkylation sites (tertiary alicyclic amines) is 2. The van der Waals surface area contributed by atoms with Crippen LogP contribution in [0.4, 0.5) is 4.39 Å². The Hall–Kier alpha value is -1.69. The fraction of sp³-hybridized carbons (Fsp3) is 0.684. The van der Waals surface area contributed by atoms with Crippen molar-refractivity contribution in [2.45, 2.75) is 43.3 Å². The lowest BCUT2D eigenvalue weighted by molar-refractivity contribution is -0.168. The van der Waals surface area contributed by atoms with Gasteiger partial charge in [0.1, 0.15) is 0 Å². The minimum absolute atomic E-state index is 0.00778.